The summed E-state index contributed by atoms with van der Waals surface area (Å²) in [5.41, 5.74) is 0.422. The molecule has 250 valence electrons. The summed E-state index contributed by atoms with van der Waals surface area (Å²) in [7, 11) is 0. The largest absolute Gasteiger partial charge is 0.444 e. The number of halogens is 3. The molecule has 0 aliphatic carbocycles. The average molecular weight is 664 g/mol. The first kappa shape index (κ1) is 34.9. The van der Waals surface area contributed by atoms with Crippen LogP contribution in [0.1, 0.15) is 52.6 Å². The number of carbonyl (C=O) groups is 4. The minimum absolute atomic E-state index is 0.189. The Morgan fingerprint density at radius 3 is 2.08 bits per heavy atom. The van der Waals surface area contributed by atoms with Gasteiger partial charge in [-0.3, -0.25) is 14.4 Å². The van der Waals surface area contributed by atoms with Gasteiger partial charge in [-0.2, -0.15) is 13.2 Å². The summed E-state index contributed by atoms with van der Waals surface area (Å²) in [5, 5.41) is 13.2. The molecular formula is C33H32F3N7O5. The van der Waals surface area contributed by atoms with Gasteiger partial charge < -0.3 is 31.3 Å². The van der Waals surface area contributed by atoms with Crippen LogP contribution in [0.4, 0.5) is 46.7 Å². The molecule has 0 fully saturated rings. The van der Waals surface area contributed by atoms with Crippen molar-refractivity contribution in [2.45, 2.75) is 39.5 Å². The van der Waals surface area contributed by atoms with E-state index in [1.165, 1.54) is 30.6 Å². The van der Waals surface area contributed by atoms with Crippen LogP contribution < -0.4 is 26.6 Å². The molecule has 0 radical (unpaired) electrons. The summed E-state index contributed by atoms with van der Waals surface area (Å²) in [4.78, 5) is 58.1. The zero-order chi connectivity index (χ0) is 35.1. The summed E-state index contributed by atoms with van der Waals surface area (Å²) >= 11 is 0. The number of rotatable bonds is 9. The Bertz CT molecular complexity index is 1820. The number of aromatic nitrogens is 2. The van der Waals surface area contributed by atoms with Gasteiger partial charge >= 0.3 is 12.3 Å². The molecule has 15 heteroatoms. The lowest BCUT2D eigenvalue weighted by atomic mass is 10.1. The van der Waals surface area contributed by atoms with Crippen molar-refractivity contribution in [3.8, 4) is 0 Å². The second-order valence-corrected chi connectivity index (χ2v) is 11.4. The fraction of sp³-hybridized carbons (Fsp3) is 0.212. The number of carbonyl (C=O) groups excluding carboxylic acids is 4. The van der Waals surface area contributed by atoms with Crippen LogP contribution in [0.2, 0.25) is 0 Å². The van der Waals surface area contributed by atoms with E-state index >= 15 is 0 Å². The van der Waals surface area contributed by atoms with Gasteiger partial charge in [-0.25, -0.2) is 14.8 Å². The molecule has 0 spiro atoms. The van der Waals surface area contributed by atoms with Crippen LogP contribution in [-0.4, -0.2) is 45.9 Å². The lowest BCUT2D eigenvalue weighted by molar-refractivity contribution is -0.137. The molecule has 4 aromatic rings. The van der Waals surface area contributed by atoms with E-state index in [4.69, 9.17) is 4.74 Å². The molecule has 0 saturated carbocycles. The van der Waals surface area contributed by atoms with Gasteiger partial charge in [0.25, 0.3) is 11.8 Å². The molecule has 0 atom stereocenters. The number of alkyl halides is 3. The highest BCUT2D eigenvalue weighted by molar-refractivity contribution is 6.08. The molecule has 48 heavy (non-hydrogen) atoms. The highest BCUT2D eigenvalue weighted by Gasteiger charge is 2.31. The van der Waals surface area contributed by atoms with Crippen LogP contribution in [0, 0.1) is 6.92 Å². The van der Waals surface area contributed by atoms with Crippen LogP contribution >= 0.6 is 0 Å². The minimum atomic E-state index is -4.60. The minimum Gasteiger partial charge on any atom is -0.444 e. The Labute approximate surface area is 273 Å². The number of hydrogen-bond acceptors (Lipinski definition) is 8. The van der Waals surface area contributed by atoms with Crippen LogP contribution in [0.3, 0.4) is 0 Å². The third kappa shape index (κ3) is 10.3. The number of hydrogen-bond donors (Lipinski definition) is 5. The number of benzene rings is 3. The number of ether oxygens (including phenoxy) is 1. The Balaban J connectivity index is 1.34. The van der Waals surface area contributed by atoms with E-state index < -0.39 is 41.2 Å². The van der Waals surface area contributed by atoms with Gasteiger partial charge in [0.15, 0.2) is 0 Å². The topological polar surface area (TPSA) is 163 Å². The van der Waals surface area contributed by atoms with Gasteiger partial charge in [0.2, 0.25) is 11.9 Å². The first-order valence-corrected chi connectivity index (χ1v) is 14.4. The van der Waals surface area contributed by atoms with Crippen molar-refractivity contribution in [3.05, 3.63) is 101 Å². The highest BCUT2D eigenvalue weighted by atomic mass is 19.4. The Hall–Kier alpha value is -5.99. The first-order valence-electron chi connectivity index (χ1n) is 14.4. The molecule has 1 aromatic heterocycles. The lowest BCUT2D eigenvalue weighted by Gasteiger charge is -2.19. The normalized spacial score (nSPS) is 11.2. The smallest absolute Gasteiger partial charge is 0.416 e. The second-order valence-electron chi connectivity index (χ2n) is 11.4. The maximum atomic E-state index is 13.1. The van der Waals surface area contributed by atoms with Crippen LogP contribution in [0.5, 0.6) is 0 Å². The Kier molecular flexibility index (Phi) is 10.6. The van der Waals surface area contributed by atoms with Crippen molar-refractivity contribution in [2.24, 2.45) is 0 Å². The number of aryl methyl sites for hydroxylation is 1. The van der Waals surface area contributed by atoms with Crippen molar-refractivity contribution < 1.29 is 37.1 Å². The first-order chi connectivity index (χ1) is 22.6. The molecule has 12 nitrogen and oxygen atoms in total. The zero-order valence-electron chi connectivity index (χ0n) is 26.3. The second kappa shape index (κ2) is 14.6. The number of anilines is 5. The maximum absolute atomic E-state index is 13.1. The molecule has 4 rings (SSSR count). The van der Waals surface area contributed by atoms with Gasteiger partial charge in [-0.15, -0.1) is 0 Å². The molecule has 0 aliphatic heterocycles. The van der Waals surface area contributed by atoms with Crippen LogP contribution in [0.15, 0.2) is 79.1 Å². The molecule has 0 bridgehead atoms. The van der Waals surface area contributed by atoms with Gasteiger partial charge in [0.1, 0.15) is 12.1 Å². The third-order valence-corrected chi connectivity index (χ3v) is 6.30. The fourth-order valence-electron chi connectivity index (χ4n) is 4.12. The predicted molar refractivity (Wildman–Crippen MR) is 173 cm³/mol. The summed E-state index contributed by atoms with van der Waals surface area (Å²) in [6, 6.07) is 15.2. The third-order valence-electron chi connectivity index (χ3n) is 6.30. The van der Waals surface area contributed by atoms with E-state index in [0.717, 1.165) is 18.2 Å². The van der Waals surface area contributed by atoms with E-state index in [2.05, 4.69) is 36.6 Å². The Morgan fingerprint density at radius 2 is 1.40 bits per heavy atom. The molecule has 0 aliphatic rings. The van der Waals surface area contributed by atoms with E-state index in [0.29, 0.717) is 16.9 Å². The van der Waals surface area contributed by atoms with E-state index in [1.807, 2.05) is 0 Å². The van der Waals surface area contributed by atoms with Gasteiger partial charge in [0.05, 0.1) is 23.6 Å². The van der Waals surface area contributed by atoms with E-state index in [1.54, 1.807) is 58.0 Å². The Morgan fingerprint density at radius 1 is 0.750 bits per heavy atom. The van der Waals surface area contributed by atoms with E-state index in [-0.39, 0.29) is 35.0 Å². The lowest BCUT2D eigenvalue weighted by Crippen LogP contribution is -2.37. The van der Waals surface area contributed by atoms with E-state index in [9.17, 15) is 32.3 Å². The van der Waals surface area contributed by atoms with Crippen molar-refractivity contribution in [3.63, 3.8) is 0 Å². The molecule has 0 saturated heterocycles. The number of nitrogens with zero attached hydrogens (tertiary/aromatic N) is 2. The molecular weight excluding hydrogens is 631 g/mol. The predicted octanol–water partition coefficient (Wildman–Crippen LogP) is 6.52. The monoisotopic (exact) mass is 663 g/mol. The van der Waals surface area contributed by atoms with Gasteiger partial charge in [-0.1, -0.05) is 18.2 Å². The number of alkyl carbamates (subject to hydrolysis) is 1. The summed E-state index contributed by atoms with van der Waals surface area (Å²) in [6.45, 7) is 6.53. The highest BCUT2D eigenvalue weighted by Crippen LogP contribution is 2.30. The van der Waals surface area contributed by atoms with Crippen molar-refractivity contribution >= 4 is 52.5 Å². The number of amides is 4. The molecule has 0 unspecified atom stereocenters. The van der Waals surface area contributed by atoms with Crippen molar-refractivity contribution in [1.29, 1.82) is 0 Å². The molecule has 1 heterocycles. The quantitative estimate of drug-likeness (QED) is 0.135. The van der Waals surface area contributed by atoms with Crippen LogP contribution in [0.25, 0.3) is 0 Å². The molecule has 4 amide bonds. The number of nitrogens with one attached hydrogen (secondary N) is 5. The van der Waals surface area contributed by atoms with Crippen LogP contribution in [-0.2, 0) is 15.7 Å². The van der Waals surface area contributed by atoms with Crippen molar-refractivity contribution in [1.82, 2.24) is 15.3 Å². The molecule has 3 aromatic carbocycles. The summed E-state index contributed by atoms with van der Waals surface area (Å²) < 4.78 is 44.3. The van der Waals surface area contributed by atoms with Crippen molar-refractivity contribution in [2.75, 3.05) is 27.8 Å². The van der Waals surface area contributed by atoms with Gasteiger partial charge in [0, 0.05) is 28.2 Å². The maximum Gasteiger partial charge on any atom is 0.416 e. The fourth-order valence-corrected chi connectivity index (χ4v) is 4.12. The standard InChI is InChI=1S/C33H32F3N7O5/c1-19-11-12-24(41-28(45)20-7-5-8-21(13-20)33(34,35)36)15-26(19)29(46)42-25-16-37-30(38-17-25)43-23-10-6-9-22(14-23)40-27(44)18-39-31(47)48-32(2,3)4/h5-17H,18H2,1-4H3,(H,39,47)(H,40,44)(H,41,45)(H,42,46)(H,37,38,43). The summed E-state index contributed by atoms with van der Waals surface area (Å²) in [5.74, 6) is -1.57. The summed E-state index contributed by atoms with van der Waals surface area (Å²) in [6.07, 6.45) is -2.57. The average Bonchev–Trinajstić information content (AvgIpc) is 3.01. The zero-order valence-corrected chi connectivity index (χ0v) is 26.3. The molecule has 5 N–H and O–H groups in total. The SMILES string of the molecule is Cc1ccc(NC(=O)c2cccc(C(F)(F)F)c2)cc1C(=O)Nc1cnc(Nc2cccc(NC(=O)CNC(=O)OC(C)(C)C)c2)nc1. The van der Waals surface area contributed by atoms with Gasteiger partial charge in [-0.05, 0) is 81.8 Å².